The van der Waals surface area contributed by atoms with Gasteiger partial charge in [-0.25, -0.2) is 0 Å². The molecule has 10 heteroatoms. The second kappa shape index (κ2) is 14.6. The van der Waals surface area contributed by atoms with Crippen molar-refractivity contribution in [2.45, 2.75) is 45.7 Å². The Kier molecular flexibility index (Phi) is 11.8. The van der Waals surface area contributed by atoms with Gasteiger partial charge in [-0.1, -0.05) is 31.0 Å². The van der Waals surface area contributed by atoms with Crippen LogP contribution >= 0.6 is 36.4 Å². The molecule has 0 radical (unpaired) electrons. The van der Waals surface area contributed by atoms with Crippen molar-refractivity contribution < 1.29 is 14.6 Å². The molecule has 39 heavy (non-hydrogen) atoms. The number of piperidine rings is 1. The SMILES string of the molecule is CCN(CCO)CCCOc1cc(-c2cc3cc(CN4CCCCC4)ccc3[nH]2)c2c(c1Cl)CNC2=O.Cl.Cl. The minimum Gasteiger partial charge on any atom is -0.492 e. The lowest BCUT2D eigenvalue weighted by atomic mass is 9.99. The number of fused-ring (bicyclic) bond motifs is 2. The van der Waals surface area contributed by atoms with Crippen LogP contribution in [0.4, 0.5) is 0 Å². The average molecular weight is 598 g/mol. The molecule has 2 aromatic carbocycles. The minimum atomic E-state index is -0.106. The van der Waals surface area contributed by atoms with Crippen molar-refractivity contribution in [1.29, 1.82) is 0 Å². The first kappa shape index (κ1) is 31.5. The number of carbonyl (C=O) groups excluding carboxylic acids is 1. The standard InChI is InChI=1S/C29H37ClN4O3.2ClH/c1-2-33(12-13-35)11-6-14-37-26-17-22(27-23(28(26)30)18-31-29(27)36)25-16-21-15-20(7-8-24(21)32-25)19-34-9-4-3-5-10-34;;/h7-8,15-17,32,35H,2-6,9-14,18-19H2,1H3,(H,31,36);2*1H. The van der Waals surface area contributed by atoms with E-state index in [0.29, 0.717) is 36.0 Å². The molecule has 3 heterocycles. The number of rotatable bonds is 11. The molecule has 1 saturated heterocycles. The number of benzene rings is 2. The fraction of sp³-hybridized carbons (Fsp3) is 0.483. The molecule has 0 unspecified atom stereocenters. The van der Waals surface area contributed by atoms with Gasteiger partial charge in [-0.05, 0) is 68.7 Å². The van der Waals surface area contributed by atoms with E-state index in [1.807, 2.05) is 6.07 Å². The molecule has 1 aromatic heterocycles. The van der Waals surface area contributed by atoms with Crippen LogP contribution in [0.25, 0.3) is 22.2 Å². The molecule has 0 aliphatic carbocycles. The second-order valence-corrected chi connectivity index (χ2v) is 10.5. The molecular formula is C29H39Cl3N4O3. The highest BCUT2D eigenvalue weighted by atomic mass is 35.5. The Morgan fingerprint density at radius 1 is 1.10 bits per heavy atom. The molecule has 5 rings (SSSR count). The summed E-state index contributed by atoms with van der Waals surface area (Å²) >= 11 is 6.71. The van der Waals surface area contributed by atoms with Crippen LogP contribution < -0.4 is 10.1 Å². The number of likely N-dealkylation sites (N-methyl/N-ethyl adjacent to an activating group) is 1. The maximum absolute atomic E-state index is 12.8. The summed E-state index contributed by atoms with van der Waals surface area (Å²) in [7, 11) is 0. The Balaban J connectivity index is 0.00000210. The third-order valence-electron chi connectivity index (χ3n) is 7.55. The van der Waals surface area contributed by atoms with Crippen molar-refractivity contribution >= 4 is 53.2 Å². The number of hydrogen-bond donors (Lipinski definition) is 3. The first-order chi connectivity index (χ1) is 18.1. The predicted molar refractivity (Wildman–Crippen MR) is 163 cm³/mol. The molecule has 0 atom stereocenters. The lowest BCUT2D eigenvalue weighted by molar-refractivity contribution is 0.0966. The van der Waals surface area contributed by atoms with Gasteiger partial charge in [-0.15, -0.1) is 24.8 Å². The Hall–Kier alpha value is -2.00. The summed E-state index contributed by atoms with van der Waals surface area (Å²) in [6.45, 7) is 8.85. The van der Waals surface area contributed by atoms with Crippen LogP contribution in [-0.4, -0.2) is 71.7 Å². The summed E-state index contributed by atoms with van der Waals surface area (Å²) in [6.07, 6.45) is 4.72. The number of nitrogens with one attached hydrogen (secondary N) is 2. The Labute approximate surface area is 248 Å². The van der Waals surface area contributed by atoms with Gasteiger partial charge in [0.2, 0.25) is 0 Å². The quantitative estimate of drug-likeness (QED) is 0.249. The van der Waals surface area contributed by atoms with E-state index >= 15 is 0 Å². The number of H-pyrrole nitrogens is 1. The molecule has 3 N–H and O–H groups in total. The van der Waals surface area contributed by atoms with E-state index in [-0.39, 0.29) is 37.3 Å². The highest BCUT2D eigenvalue weighted by Gasteiger charge is 2.29. The van der Waals surface area contributed by atoms with Crippen LogP contribution in [0.1, 0.15) is 54.1 Å². The zero-order valence-electron chi connectivity index (χ0n) is 22.4. The van der Waals surface area contributed by atoms with Crippen LogP contribution in [0.15, 0.2) is 30.3 Å². The Morgan fingerprint density at radius 3 is 2.64 bits per heavy atom. The van der Waals surface area contributed by atoms with Crippen molar-refractivity contribution in [3.63, 3.8) is 0 Å². The smallest absolute Gasteiger partial charge is 0.252 e. The van der Waals surface area contributed by atoms with E-state index in [9.17, 15) is 9.90 Å². The number of likely N-dealkylation sites (tertiary alicyclic amines) is 1. The number of aromatic nitrogens is 1. The summed E-state index contributed by atoms with van der Waals surface area (Å²) in [5.74, 6) is 0.493. The van der Waals surface area contributed by atoms with E-state index in [2.05, 4.69) is 51.3 Å². The number of aromatic amines is 1. The zero-order chi connectivity index (χ0) is 25.8. The summed E-state index contributed by atoms with van der Waals surface area (Å²) in [5.41, 5.74) is 5.47. The monoisotopic (exact) mass is 596 g/mol. The molecule has 0 saturated carbocycles. The summed E-state index contributed by atoms with van der Waals surface area (Å²) in [4.78, 5) is 21.0. The number of aliphatic hydroxyl groups is 1. The predicted octanol–water partition coefficient (Wildman–Crippen LogP) is 5.64. The molecule has 214 valence electrons. The fourth-order valence-corrected chi connectivity index (χ4v) is 5.80. The maximum atomic E-state index is 12.8. The molecule has 1 amide bonds. The molecule has 0 bridgehead atoms. The van der Waals surface area contributed by atoms with Gasteiger partial charge >= 0.3 is 0 Å². The number of hydrogen-bond acceptors (Lipinski definition) is 5. The molecule has 3 aromatic rings. The second-order valence-electron chi connectivity index (χ2n) is 10.1. The summed E-state index contributed by atoms with van der Waals surface area (Å²) in [5, 5.41) is 13.8. The van der Waals surface area contributed by atoms with Crippen LogP contribution in [0, 0.1) is 0 Å². The number of amides is 1. The highest BCUT2D eigenvalue weighted by Crippen LogP contribution is 2.41. The van der Waals surface area contributed by atoms with Gasteiger partial charge in [0.05, 0.1) is 23.8 Å². The number of carbonyl (C=O) groups is 1. The van der Waals surface area contributed by atoms with Gasteiger partial charge in [-0.2, -0.15) is 0 Å². The molecule has 0 spiro atoms. The summed E-state index contributed by atoms with van der Waals surface area (Å²) in [6, 6.07) is 10.6. The molecule has 1 fully saturated rings. The minimum absolute atomic E-state index is 0. The largest absolute Gasteiger partial charge is 0.492 e. The average Bonchev–Trinajstić information content (AvgIpc) is 3.51. The number of nitrogens with zero attached hydrogens (tertiary/aromatic N) is 2. The first-order valence-electron chi connectivity index (χ1n) is 13.5. The van der Waals surface area contributed by atoms with Crippen molar-refractivity contribution in [2.24, 2.45) is 0 Å². The molecule has 2 aliphatic rings. The third kappa shape index (κ3) is 7.20. The summed E-state index contributed by atoms with van der Waals surface area (Å²) < 4.78 is 6.13. The van der Waals surface area contributed by atoms with E-state index < -0.39 is 0 Å². The van der Waals surface area contributed by atoms with Gasteiger partial charge < -0.3 is 25.0 Å². The topological polar surface area (TPSA) is 80.8 Å². The van der Waals surface area contributed by atoms with Gasteiger partial charge in [0.25, 0.3) is 5.91 Å². The van der Waals surface area contributed by atoms with Crippen molar-refractivity contribution in [2.75, 3.05) is 45.9 Å². The van der Waals surface area contributed by atoms with E-state index in [1.165, 1.54) is 37.9 Å². The third-order valence-corrected chi connectivity index (χ3v) is 7.96. The fourth-order valence-electron chi connectivity index (χ4n) is 5.53. The van der Waals surface area contributed by atoms with Gasteiger partial charge in [0.15, 0.2) is 0 Å². The van der Waals surface area contributed by atoms with Crippen molar-refractivity contribution in [1.82, 2.24) is 20.1 Å². The molecular weight excluding hydrogens is 559 g/mol. The van der Waals surface area contributed by atoms with Crippen LogP contribution in [0.3, 0.4) is 0 Å². The normalized spacial score (nSPS) is 15.1. The zero-order valence-corrected chi connectivity index (χ0v) is 24.8. The first-order valence-corrected chi connectivity index (χ1v) is 13.9. The Morgan fingerprint density at radius 2 is 1.90 bits per heavy atom. The van der Waals surface area contributed by atoms with Crippen molar-refractivity contribution in [3.05, 3.63) is 52.0 Å². The molecule has 7 nitrogen and oxygen atoms in total. The van der Waals surface area contributed by atoms with E-state index in [4.69, 9.17) is 16.3 Å². The number of ether oxygens (including phenoxy) is 1. The lowest BCUT2D eigenvalue weighted by Crippen LogP contribution is -2.28. The van der Waals surface area contributed by atoms with Crippen LogP contribution in [0.5, 0.6) is 5.75 Å². The van der Waals surface area contributed by atoms with E-state index in [0.717, 1.165) is 53.8 Å². The highest BCUT2D eigenvalue weighted by molar-refractivity contribution is 6.34. The van der Waals surface area contributed by atoms with Gasteiger partial charge in [-0.3, -0.25) is 9.69 Å². The van der Waals surface area contributed by atoms with Crippen LogP contribution in [0.2, 0.25) is 5.02 Å². The lowest BCUT2D eigenvalue weighted by Gasteiger charge is -2.26. The molecule has 2 aliphatic heterocycles. The van der Waals surface area contributed by atoms with E-state index in [1.54, 1.807) is 0 Å². The van der Waals surface area contributed by atoms with Gasteiger partial charge in [0.1, 0.15) is 5.75 Å². The van der Waals surface area contributed by atoms with Crippen molar-refractivity contribution in [3.8, 4) is 17.0 Å². The van der Waals surface area contributed by atoms with Gasteiger partial charge in [0, 0.05) is 53.9 Å². The van der Waals surface area contributed by atoms with Crippen LogP contribution in [-0.2, 0) is 13.1 Å². The number of aliphatic hydroxyl groups excluding tert-OH is 1. The number of halogens is 3. The Bertz CT molecular complexity index is 1260. The maximum Gasteiger partial charge on any atom is 0.252 e.